The second-order valence-electron chi connectivity index (χ2n) is 14.7. The summed E-state index contributed by atoms with van der Waals surface area (Å²) in [5.41, 5.74) is 14.0. The molecule has 0 unspecified atom stereocenters. The zero-order valence-electron chi connectivity index (χ0n) is 29.4. The molecular weight excluding hydrogens is 643 g/mol. The van der Waals surface area contributed by atoms with Crippen LogP contribution in [0, 0.1) is 0 Å². The van der Waals surface area contributed by atoms with Crippen molar-refractivity contribution in [1.82, 2.24) is 4.57 Å². The third-order valence-electron chi connectivity index (χ3n) is 11.7. The largest absolute Gasteiger partial charge is 0.455 e. The van der Waals surface area contributed by atoms with Gasteiger partial charge < -0.3 is 8.98 Å². The van der Waals surface area contributed by atoms with Gasteiger partial charge in [0.05, 0.1) is 0 Å². The van der Waals surface area contributed by atoms with Gasteiger partial charge in [-0.2, -0.15) is 0 Å². The van der Waals surface area contributed by atoms with Crippen molar-refractivity contribution in [1.29, 1.82) is 0 Å². The van der Waals surface area contributed by atoms with Crippen molar-refractivity contribution in [2.24, 2.45) is 0 Å². The SMILES string of the molecule is c1ccc(-c2cc(-c3ccccc3)cc(-c3c4ccccc4c(-c4ccc5c(c4)c4ccccc4n5C4CCCC4)c4oc5ccccc5c34)c2)cc1. The highest BCUT2D eigenvalue weighted by atomic mass is 16.3. The maximum Gasteiger partial charge on any atom is 0.144 e. The van der Waals surface area contributed by atoms with E-state index in [1.165, 1.54) is 97.2 Å². The molecule has 2 nitrogen and oxygen atoms in total. The number of rotatable bonds is 5. The number of nitrogens with zero attached hydrogens (tertiary/aromatic N) is 1. The first kappa shape index (κ1) is 30.3. The third kappa shape index (κ3) is 4.79. The Bertz CT molecular complexity index is 2940. The summed E-state index contributed by atoms with van der Waals surface area (Å²) < 4.78 is 9.65. The Labute approximate surface area is 308 Å². The Hall–Kier alpha value is -6.38. The first-order valence-electron chi connectivity index (χ1n) is 19.0. The van der Waals surface area contributed by atoms with Crippen molar-refractivity contribution in [2.75, 3.05) is 0 Å². The molecular formula is C51H37NO. The lowest BCUT2D eigenvalue weighted by Gasteiger charge is -2.17. The molecule has 0 saturated heterocycles. The molecule has 10 aromatic rings. The molecule has 0 amide bonds. The number of hydrogen-bond donors (Lipinski definition) is 0. The van der Waals surface area contributed by atoms with E-state index in [4.69, 9.17) is 4.42 Å². The standard InChI is InChI=1S/C51H37NO/c1-3-15-33(16-4-1)36-29-37(34-17-5-2-6-18-34)31-38(30-36)48-41-22-9-10-23-42(41)49(51-50(48)43-24-12-14-26-47(43)53-51)35-27-28-46-44(32-35)40-21-11-13-25-45(40)52(46)39-19-7-8-20-39/h1-6,9-18,21-32,39H,7-8,19-20H2. The van der Waals surface area contributed by atoms with E-state index in [0.717, 1.165) is 27.5 Å². The maximum absolute atomic E-state index is 7.02. The van der Waals surface area contributed by atoms with Gasteiger partial charge in [-0.1, -0.05) is 140 Å². The molecule has 1 saturated carbocycles. The van der Waals surface area contributed by atoms with Gasteiger partial charge in [-0.25, -0.2) is 0 Å². The molecule has 1 fully saturated rings. The molecule has 11 rings (SSSR count). The number of aromatic nitrogens is 1. The predicted molar refractivity (Wildman–Crippen MR) is 223 cm³/mol. The zero-order valence-corrected chi connectivity index (χ0v) is 29.4. The number of para-hydroxylation sites is 2. The van der Waals surface area contributed by atoms with Gasteiger partial charge in [0.1, 0.15) is 11.2 Å². The Kier molecular flexibility index (Phi) is 6.91. The van der Waals surface area contributed by atoms with Gasteiger partial charge in [-0.3, -0.25) is 0 Å². The van der Waals surface area contributed by atoms with Crippen molar-refractivity contribution >= 4 is 54.5 Å². The van der Waals surface area contributed by atoms with Crippen LogP contribution in [0.3, 0.4) is 0 Å². The molecule has 2 heteroatoms. The molecule has 0 N–H and O–H groups in total. The molecule has 252 valence electrons. The Morgan fingerprint density at radius 1 is 0.396 bits per heavy atom. The molecule has 1 aliphatic rings. The minimum atomic E-state index is 0.554. The van der Waals surface area contributed by atoms with E-state index in [9.17, 15) is 0 Å². The molecule has 2 heterocycles. The van der Waals surface area contributed by atoms with E-state index in [-0.39, 0.29) is 0 Å². The van der Waals surface area contributed by atoms with Crippen LogP contribution in [0.2, 0.25) is 0 Å². The van der Waals surface area contributed by atoms with Gasteiger partial charge in [-0.15, -0.1) is 0 Å². The second kappa shape index (κ2) is 12.1. The molecule has 0 radical (unpaired) electrons. The summed E-state index contributed by atoms with van der Waals surface area (Å²) in [6.07, 6.45) is 5.11. The summed E-state index contributed by atoms with van der Waals surface area (Å²) in [6.45, 7) is 0. The fourth-order valence-electron chi connectivity index (χ4n) is 9.31. The van der Waals surface area contributed by atoms with Crippen LogP contribution in [-0.4, -0.2) is 4.57 Å². The molecule has 0 bridgehead atoms. The van der Waals surface area contributed by atoms with Gasteiger partial charge in [0.25, 0.3) is 0 Å². The summed E-state index contributed by atoms with van der Waals surface area (Å²) >= 11 is 0. The number of hydrogen-bond acceptors (Lipinski definition) is 1. The lowest BCUT2D eigenvalue weighted by molar-refractivity contribution is 0.550. The fraction of sp³-hybridized carbons (Fsp3) is 0.0980. The average Bonchev–Trinajstić information content (AvgIpc) is 3.97. The third-order valence-corrected chi connectivity index (χ3v) is 11.7. The van der Waals surface area contributed by atoms with Crippen LogP contribution in [0.5, 0.6) is 0 Å². The number of furan rings is 1. The summed E-state index contributed by atoms with van der Waals surface area (Å²) in [7, 11) is 0. The lowest BCUT2D eigenvalue weighted by Crippen LogP contribution is -2.03. The van der Waals surface area contributed by atoms with Crippen molar-refractivity contribution in [3.63, 3.8) is 0 Å². The topological polar surface area (TPSA) is 18.1 Å². The highest BCUT2D eigenvalue weighted by molar-refractivity contribution is 6.27. The lowest BCUT2D eigenvalue weighted by atomic mass is 9.86. The van der Waals surface area contributed by atoms with Crippen molar-refractivity contribution in [2.45, 2.75) is 31.7 Å². The van der Waals surface area contributed by atoms with Crippen LogP contribution in [-0.2, 0) is 0 Å². The van der Waals surface area contributed by atoms with Crippen molar-refractivity contribution in [3.05, 3.63) is 170 Å². The van der Waals surface area contributed by atoms with Gasteiger partial charge in [0.15, 0.2) is 0 Å². The molecule has 1 aliphatic carbocycles. The normalized spacial score (nSPS) is 13.7. The van der Waals surface area contributed by atoms with E-state index in [1.54, 1.807) is 0 Å². The molecule has 0 aliphatic heterocycles. The predicted octanol–water partition coefficient (Wildman–Crippen LogP) is 14.6. The van der Waals surface area contributed by atoms with E-state index in [2.05, 4.69) is 174 Å². The molecule has 53 heavy (non-hydrogen) atoms. The quantitative estimate of drug-likeness (QED) is 0.177. The minimum absolute atomic E-state index is 0.554. The van der Waals surface area contributed by atoms with E-state index >= 15 is 0 Å². The first-order chi connectivity index (χ1) is 26.3. The van der Waals surface area contributed by atoms with Gasteiger partial charge >= 0.3 is 0 Å². The van der Waals surface area contributed by atoms with Gasteiger partial charge in [-0.05, 0) is 99.5 Å². The van der Waals surface area contributed by atoms with Crippen LogP contribution in [0.15, 0.2) is 174 Å². The van der Waals surface area contributed by atoms with Crippen LogP contribution in [0.1, 0.15) is 31.7 Å². The maximum atomic E-state index is 7.02. The minimum Gasteiger partial charge on any atom is -0.455 e. The Balaban J connectivity index is 1.24. The second-order valence-corrected chi connectivity index (χ2v) is 14.7. The molecule has 0 atom stereocenters. The summed E-state index contributed by atoms with van der Waals surface area (Å²) in [5.74, 6) is 0. The van der Waals surface area contributed by atoms with Gasteiger partial charge in [0.2, 0.25) is 0 Å². The van der Waals surface area contributed by atoms with Crippen molar-refractivity contribution < 1.29 is 4.42 Å². The van der Waals surface area contributed by atoms with Gasteiger partial charge in [0, 0.05) is 49.7 Å². The Morgan fingerprint density at radius 3 is 1.64 bits per heavy atom. The molecule has 0 spiro atoms. The van der Waals surface area contributed by atoms with Crippen LogP contribution < -0.4 is 0 Å². The summed E-state index contributed by atoms with van der Waals surface area (Å²) in [5, 5.41) is 7.34. The summed E-state index contributed by atoms with van der Waals surface area (Å²) in [4.78, 5) is 0. The molecule has 8 aromatic carbocycles. The van der Waals surface area contributed by atoms with Crippen LogP contribution >= 0.6 is 0 Å². The van der Waals surface area contributed by atoms with E-state index < -0.39 is 0 Å². The number of fused-ring (bicyclic) bond motifs is 7. The molecule has 2 aromatic heterocycles. The van der Waals surface area contributed by atoms with Crippen LogP contribution in [0.25, 0.3) is 99.0 Å². The number of benzene rings is 8. The van der Waals surface area contributed by atoms with E-state index in [1.807, 2.05) is 0 Å². The highest BCUT2D eigenvalue weighted by Gasteiger charge is 2.25. The zero-order chi connectivity index (χ0) is 34.9. The smallest absolute Gasteiger partial charge is 0.144 e. The van der Waals surface area contributed by atoms with E-state index in [0.29, 0.717) is 6.04 Å². The first-order valence-corrected chi connectivity index (χ1v) is 19.0. The van der Waals surface area contributed by atoms with Crippen molar-refractivity contribution in [3.8, 4) is 44.5 Å². The Morgan fingerprint density at radius 2 is 0.943 bits per heavy atom. The fourth-order valence-corrected chi connectivity index (χ4v) is 9.31. The summed E-state index contributed by atoms with van der Waals surface area (Å²) in [6, 6.07) is 62.7. The average molecular weight is 680 g/mol. The highest BCUT2D eigenvalue weighted by Crippen LogP contribution is 2.49. The van der Waals surface area contributed by atoms with Crippen LogP contribution in [0.4, 0.5) is 0 Å². The monoisotopic (exact) mass is 679 g/mol.